The van der Waals surface area contributed by atoms with E-state index in [4.69, 9.17) is 19.9 Å². The van der Waals surface area contributed by atoms with Crippen LogP contribution in [0.2, 0.25) is 0 Å². The topological polar surface area (TPSA) is 61.4 Å². The normalized spacial score (nSPS) is 11.7. The fraction of sp³-hybridized carbons (Fsp3) is 0. The van der Waals surface area contributed by atoms with Gasteiger partial charge in [0.1, 0.15) is 0 Å². The van der Waals surface area contributed by atoms with E-state index in [2.05, 4.69) is 155 Å². The van der Waals surface area contributed by atoms with Crippen LogP contribution in [-0.4, -0.2) is 29.1 Å². The molecule has 0 aliphatic rings. The maximum atomic E-state index is 5.33. The van der Waals surface area contributed by atoms with Crippen molar-refractivity contribution in [3.8, 4) is 45.7 Å². The molecule has 54 heavy (non-hydrogen) atoms. The maximum Gasteiger partial charge on any atom is 0.238 e. The predicted molar refractivity (Wildman–Crippen MR) is 220 cm³/mol. The van der Waals surface area contributed by atoms with Gasteiger partial charge in [-0.25, -0.2) is 9.97 Å². The second kappa shape index (κ2) is 12.1. The van der Waals surface area contributed by atoms with E-state index in [0.717, 1.165) is 71.8 Å². The molecule has 11 aromatic rings. The van der Waals surface area contributed by atoms with Crippen LogP contribution in [0.1, 0.15) is 0 Å². The Morgan fingerprint density at radius 3 is 1.69 bits per heavy atom. The molecule has 4 aromatic heterocycles. The lowest BCUT2D eigenvalue weighted by Gasteiger charge is -2.13. The first-order valence-electron chi connectivity index (χ1n) is 18.1. The molecule has 11 rings (SSSR count). The number of benzene rings is 7. The zero-order valence-corrected chi connectivity index (χ0v) is 29.0. The third-order valence-corrected chi connectivity index (χ3v) is 10.4. The van der Waals surface area contributed by atoms with Crippen LogP contribution in [0.4, 0.5) is 0 Å². The molecule has 0 unspecified atom stereocenters. The summed E-state index contributed by atoms with van der Waals surface area (Å²) in [5.41, 5.74) is 10.0. The van der Waals surface area contributed by atoms with Crippen LogP contribution >= 0.6 is 0 Å². The van der Waals surface area contributed by atoms with Crippen LogP contribution in [0.5, 0.6) is 0 Å². The lowest BCUT2D eigenvalue weighted by Crippen LogP contribution is -2.07. The highest BCUT2D eigenvalue weighted by molar-refractivity contribution is 6.23. The molecule has 0 spiro atoms. The molecule has 0 aliphatic carbocycles. The zero-order chi connectivity index (χ0) is 35.6. The molecule has 6 nitrogen and oxygen atoms in total. The Hall–Kier alpha value is -7.44. The number of para-hydroxylation sites is 4. The molecule has 252 valence electrons. The monoisotopic (exact) mass is 690 g/mol. The first kappa shape index (κ1) is 30.2. The van der Waals surface area contributed by atoms with E-state index in [1.165, 1.54) is 10.8 Å². The van der Waals surface area contributed by atoms with E-state index in [1.54, 1.807) is 0 Å². The molecule has 0 bridgehead atoms. The average Bonchev–Trinajstić information content (AvgIpc) is 3.77. The van der Waals surface area contributed by atoms with Crippen LogP contribution < -0.4 is 0 Å². The fourth-order valence-corrected chi connectivity index (χ4v) is 7.91. The number of hydrogen-bond donors (Lipinski definition) is 0. The van der Waals surface area contributed by atoms with Gasteiger partial charge in [-0.3, -0.25) is 4.57 Å². The maximum absolute atomic E-state index is 5.33. The van der Waals surface area contributed by atoms with Gasteiger partial charge < -0.3 is 4.57 Å². The Kier molecular flexibility index (Phi) is 6.75. The number of fused-ring (bicyclic) bond motifs is 8. The SMILES string of the molecule is c1ccc(-c2nc(-c3cccc(-c4ccc5ccccc5n4)c3)nc(-n3c4ccccc4c4ccc5c6ccccc6n(-c6ccccc6)c5c43)n2)cc1. The minimum absolute atomic E-state index is 0.552. The zero-order valence-electron chi connectivity index (χ0n) is 29.0. The molecular formula is C48H30N6. The van der Waals surface area contributed by atoms with E-state index < -0.39 is 0 Å². The molecule has 0 aliphatic heterocycles. The summed E-state index contributed by atoms with van der Waals surface area (Å²) in [4.78, 5) is 20.7. The highest BCUT2D eigenvalue weighted by Gasteiger charge is 2.23. The van der Waals surface area contributed by atoms with E-state index in [0.29, 0.717) is 17.6 Å². The average molecular weight is 691 g/mol. The summed E-state index contributed by atoms with van der Waals surface area (Å²) < 4.78 is 4.61. The Morgan fingerprint density at radius 2 is 0.926 bits per heavy atom. The summed E-state index contributed by atoms with van der Waals surface area (Å²) in [5, 5.41) is 5.73. The molecule has 6 heteroatoms. The molecular weight excluding hydrogens is 661 g/mol. The Morgan fingerprint density at radius 1 is 0.352 bits per heavy atom. The van der Waals surface area contributed by atoms with Crippen LogP contribution in [0.15, 0.2) is 182 Å². The van der Waals surface area contributed by atoms with Gasteiger partial charge in [-0.1, -0.05) is 140 Å². The Labute approximate surface area is 310 Å². The van der Waals surface area contributed by atoms with Gasteiger partial charge in [-0.15, -0.1) is 0 Å². The molecule has 0 saturated carbocycles. The quantitative estimate of drug-likeness (QED) is 0.180. The number of rotatable bonds is 5. The van der Waals surface area contributed by atoms with Gasteiger partial charge in [-0.2, -0.15) is 9.97 Å². The van der Waals surface area contributed by atoms with Crippen molar-refractivity contribution in [1.82, 2.24) is 29.1 Å². The van der Waals surface area contributed by atoms with Gasteiger partial charge in [0.05, 0.1) is 33.3 Å². The molecule has 0 fully saturated rings. The lowest BCUT2D eigenvalue weighted by molar-refractivity contribution is 0.953. The number of nitrogens with zero attached hydrogens (tertiary/aromatic N) is 6. The van der Waals surface area contributed by atoms with Gasteiger partial charge in [0.2, 0.25) is 5.95 Å². The van der Waals surface area contributed by atoms with Crippen molar-refractivity contribution in [2.45, 2.75) is 0 Å². The number of hydrogen-bond acceptors (Lipinski definition) is 4. The van der Waals surface area contributed by atoms with Crippen LogP contribution in [-0.2, 0) is 0 Å². The van der Waals surface area contributed by atoms with Crippen molar-refractivity contribution in [3.63, 3.8) is 0 Å². The van der Waals surface area contributed by atoms with Gasteiger partial charge in [0.15, 0.2) is 11.6 Å². The Balaban J connectivity index is 1.22. The Bertz CT molecular complexity index is 3220. The highest BCUT2D eigenvalue weighted by atomic mass is 15.2. The van der Waals surface area contributed by atoms with Crippen molar-refractivity contribution < 1.29 is 0 Å². The third kappa shape index (κ3) is 4.74. The first-order chi connectivity index (χ1) is 26.8. The van der Waals surface area contributed by atoms with E-state index >= 15 is 0 Å². The number of pyridine rings is 1. The van der Waals surface area contributed by atoms with Crippen molar-refractivity contribution in [1.29, 1.82) is 0 Å². The summed E-state index contributed by atoms with van der Waals surface area (Å²) in [6.45, 7) is 0. The second-order valence-corrected chi connectivity index (χ2v) is 13.5. The highest BCUT2D eigenvalue weighted by Crippen LogP contribution is 2.41. The summed E-state index contributed by atoms with van der Waals surface area (Å²) >= 11 is 0. The van der Waals surface area contributed by atoms with E-state index in [1.807, 2.05) is 36.4 Å². The van der Waals surface area contributed by atoms with Gasteiger partial charge in [-0.05, 0) is 42.5 Å². The van der Waals surface area contributed by atoms with Crippen LogP contribution in [0.25, 0.3) is 100 Å². The van der Waals surface area contributed by atoms with Crippen molar-refractivity contribution in [2.24, 2.45) is 0 Å². The molecule has 0 N–H and O–H groups in total. The van der Waals surface area contributed by atoms with Crippen molar-refractivity contribution in [3.05, 3.63) is 182 Å². The smallest absolute Gasteiger partial charge is 0.238 e. The summed E-state index contributed by atoms with van der Waals surface area (Å²) in [6.07, 6.45) is 0. The third-order valence-electron chi connectivity index (χ3n) is 10.4. The number of aromatic nitrogens is 6. The minimum Gasteiger partial charge on any atom is -0.307 e. The van der Waals surface area contributed by atoms with Crippen molar-refractivity contribution in [2.75, 3.05) is 0 Å². The lowest BCUT2D eigenvalue weighted by atomic mass is 10.1. The van der Waals surface area contributed by atoms with Gasteiger partial charge >= 0.3 is 0 Å². The largest absolute Gasteiger partial charge is 0.307 e. The van der Waals surface area contributed by atoms with E-state index in [-0.39, 0.29) is 0 Å². The first-order valence-corrected chi connectivity index (χ1v) is 18.1. The predicted octanol–water partition coefficient (Wildman–Crippen LogP) is 11.6. The summed E-state index contributed by atoms with van der Waals surface area (Å²) in [6, 6.07) is 63.2. The van der Waals surface area contributed by atoms with Crippen LogP contribution in [0.3, 0.4) is 0 Å². The van der Waals surface area contributed by atoms with Crippen LogP contribution in [0, 0.1) is 0 Å². The molecule has 0 radical (unpaired) electrons. The van der Waals surface area contributed by atoms with E-state index in [9.17, 15) is 0 Å². The summed E-state index contributed by atoms with van der Waals surface area (Å²) in [7, 11) is 0. The van der Waals surface area contributed by atoms with Gasteiger partial charge in [0, 0.05) is 49.3 Å². The second-order valence-electron chi connectivity index (χ2n) is 13.5. The molecule has 0 saturated heterocycles. The van der Waals surface area contributed by atoms with Crippen molar-refractivity contribution >= 4 is 54.5 Å². The molecule has 0 amide bonds. The fourth-order valence-electron chi connectivity index (χ4n) is 7.91. The summed E-state index contributed by atoms with van der Waals surface area (Å²) in [5.74, 6) is 1.74. The molecule has 0 atom stereocenters. The molecule has 4 heterocycles. The standard InChI is InChI=1S/C48H30N6/c1-3-15-32(16-4-1)46-50-47(34-18-13-17-33(30-34)41-29-26-31-14-7-10-23-40(31)49-41)52-48(51-46)54-43-25-12-9-22-37(43)39-28-27-38-36-21-8-11-24-42(36)53(44(38)45(39)54)35-19-5-2-6-20-35/h1-30H. The minimum atomic E-state index is 0.552. The molecule has 7 aromatic carbocycles. The van der Waals surface area contributed by atoms with Gasteiger partial charge in [0.25, 0.3) is 0 Å².